The van der Waals surface area contributed by atoms with Gasteiger partial charge in [-0.3, -0.25) is 4.57 Å². The van der Waals surface area contributed by atoms with Crippen molar-refractivity contribution in [3.8, 4) is 0 Å². The Bertz CT molecular complexity index is 809. The van der Waals surface area contributed by atoms with E-state index in [1.807, 2.05) is 0 Å². The van der Waals surface area contributed by atoms with Crippen LogP contribution < -0.4 is 11.2 Å². The summed E-state index contributed by atoms with van der Waals surface area (Å²) in [6.07, 6.45) is -2.05. The van der Waals surface area contributed by atoms with Crippen molar-refractivity contribution in [1.82, 2.24) is 10.4 Å². The van der Waals surface area contributed by atoms with Crippen LogP contribution in [0.5, 0.6) is 0 Å². The number of nitrogens with zero attached hydrogens (tertiary/aromatic N) is 1. The molecule has 1 aromatic carbocycles. The molecule has 12 heteroatoms. The Labute approximate surface area is 181 Å². The summed E-state index contributed by atoms with van der Waals surface area (Å²) in [6.45, 7) is 6.32. The first-order valence-electron chi connectivity index (χ1n) is 9.33. The first kappa shape index (κ1) is 25.8. The Morgan fingerprint density at radius 2 is 1.60 bits per heavy atom. The molecule has 0 saturated carbocycles. The fourth-order valence-electron chi connectivity index (χ4n) is 2.34. The molecule has 0 heterocycles. The lowest BCUT2D eigenvalue weighted by Gasteiger charge is -2.30. The molecule has 0 aliphatic carbocycles. The van der Waals surface area contributed by atoms with Crippen LogP contribution in [-0.4, -0.2) is 43.6 Å². The SMILES string of the molecule is CCOC(=O)NN(C(=O)OCC)/C(=C(\N)c1ccccc1S)P(=O)(OCC)OCC. The summed E-state index contributed by atoms with van der Waals surface area (Å²) in [4.78, 5) is 25.2. The topological polar surface area (TPSA) is 129 Å². The third-order valence-corrected chi connectivity index (χ3v) is 5.98. The van der Waals surface area contributed by atoms with Crippen molar-refractivity contribution < 1.29 is 32.7 Å². The van der Waals surface area contributed by atoms with Gasteiger partial charge in [0.25, 0.3) is 0 Å². The average molecular weight is 461 g/mol. The van der Waals surface area contributed by atoms with E-state index in [-0.39, 0.29) is 32.1 Å². The van der Waals surface area contributed by atoms with Crippen molar-refractivity contribution in [2.75, 3.05) is 26.4 Å². The number of benzene rings is 1. The number of amides is 2. The van der Waals surface area contributed by atoms with Crippen molar-refractivity contribution in [2.45, 2.75) is 32.6 Å². The zero-order chi connectivity index (χ0) is 22.7. The summed E-state index contributed by atoms with van der Waals surface area (Å²) in [7, 11) is -4.20. The molecule has 0 atom stereocenters. The van der Waals surface area contributed by atoms with Crippen LogP contribution in [0.15, 0.2) is 34.6 Å². The Balaban J connectivity index is 3.79. The summed E-state index contributed by atoms with van der Waals surface area (Å²) >= 11 is 4.36. The summed E-state index contributed by atoms with van der Waals surface area (Å²) in [5.74, 6) is 0. The predicted molar refractivity (Wildman–Crippen MR) is 115 cm³/mol. The van der Waals surface area contributed by atoms with Gasteiger partial charge in [-0.05, 0) is 33.8 Å². The molecule has 30 heavy (non-hydrogen) atoms. The maximum Gasteiger partial charge on any atom is 0.433 e. The van der Waals surface area contributed by atoms with Crippen LogP contribution in [0.2, 0.25) is 0 Å². The highest BCUT2D eigenvalue weighted by atomic mass is 32.1. The minimum absolute atomic E-state index is 0.0212. The monoisotopic (exact) mass is 461 g/mol. The summed E-state index contributed by atoms with van der Waals surface area (Å²) in [5, 5.41) is 0.586. The van der Waals surface area contributed by atoms with E-state index in [2.05, 4.69) is 18.1 Å². The second kappa shape index (κ2) is 12.5. The van der Waals surface area contributed by atoms with E-state index in [9.17, 15) is 14.2 Å². The number of carbonyl (C=O) groups is 2. The number of nitrogens with one attached hydrogen (secondary N) is 1. The van der Waals surface area contributed by atoms with Crippen molar-refractivity contribution in [3.63, 3.8) is 0 Å². The van der Waals surface area contributed by atoms with Gasteiger partial charge in [0.05, 0.1) is 32.1 Å². The summed E-state index contributed by atoms with van der Waals surface area (Å²) in [6, 6.07) is 6.67. The molecular formula is C18H28N3O7PS. The highest BCUT2D eigenvalue weighted by Gasteiger charge is 2.41. The molecule has 0 aliphatic heterocycles. The molecule has 168 valence electrons. The first-order chi connectivity index (χ1) is 14.2. The average Bonchev–Trinajstić information content (AvgIpc) is 2.68. The van der Waals surface area contributed by atoms with Crippen LogP contribution in [0.4, 0.5) is 9.59 Å². The summed E-state index contributed by atoms with van der Waals surface area (Å²) in [5.41, 5.74) is 8.29. The van der Waals surface area contributed by atoms with Gasteiger partial charge in [-0.15, -0.1) is 12.6 Å². The fourth-order valence-corrected chi connectivity index (χ4v) is 4.41. The Hall–Kier alpha value is -2.20. The zero-order valence-corrected chi connectivity index (χ0v) is 19.2. The smallest absolute Gasteiger partial charge is 0.433 e. The molecule has 0 saturated heterocycles. The van der Waals surface area contributed by atoms with Gasteiger partial charge in [0.1, 0.15) is 0 Å². The quantitative estimate of drug-likeness (QED) is 0.286. The molecule has 0 bridgehead atoms. The van der Waals surface area contributed by atoms with Crippen LogP contribution in [0.25, 0.3) is 5.70 Å². The van der Waals surface area contributed by atoms with E-state index in [1.54, 1.807) is 52.0 Å². The molecule has 0 unspecified atom stereocenters. The molecule has 3 N–H and O–H groups in total. The molecule has 0 spiro atoms. The molecule has 0 aromatic heterocycles. The highest BCUT2D eigenvalue weighted by Crippen LogP contribution is 2.58. The lowest BCUT2D eigenvalue weighted by molar-refractivity contribution is 0.0877. The lowest BCUT2D eigenvalue weighted by Crippen LogP contribution is -2.47. The molecule has 0 aliphatic rings. The van der Waals surface area contributed by atoms with Crippen LogP contribution in [0, 0.1) is 0 Å². The highest BCUT2D eigenvalue weighted by molar-refractivity contribution is 7.80. The molecule has 10 nitrogen and oxygen atoms in total. The molecule has 2 amide bonds. The Kier molecular flexibility index (Phi) is 10.8. The number of hydrazine groups is 1. The maximum absolute atomic E-state index is 13.7. The minimum atomic E-state index is -4.20. The number of ether oxygens (including phenoxy) is 2. The molecule has 0 radical (unpaired) electrons. The number of rotatable bonds is 9. The van der Waals surface area contributed by atoms with Crippen molar-refractivity contribution in [2.24, 2.45) is 5.73 Å². The number of nitrogens with two attached hydrogens (primary N) is 1. The second-order valence-electron chi connectivity index (χ2n) is 5.45. The van der Waals surface area contributed by atoms with E-state index >= 15 is 0 Å². The number of carbonyl (C=O) groups excluding carboxylic acids is 2. The van der Waals surface area contributed by atoms with Gasteiger partial charge in [-0.2, -0.15) is 5.01 Å². The van der Waals surface area contributed by atoms with Gasteiger partial charge in [-0.1, -0.05) is 18.2 Å². The van der Waals surface area contributed by atoms with Crippen molar-refractivity contribution in [1.29, 1.82) is 0 Å². The van der Waals surface area contributed by atoms with Gasteiger partial charge in [-0.25, -0.2) is 15.0 Å². The van der Waals surface area contributed by atoms with Gasteiger partial charge < -0.3 is 24.3 Å². The summed E-state index contributed by atoms with van der Waals surface area (Å²) < 4.78 is 34.3. The minimum Gasteiger partial charge on any atom is -0.449 e. The second-order valence-corrected chi connectivity index (χ2v) is 7.87. The predicted octanol–water partition coefficient (Wildman–Crippen LogP) is 3.95. The Morgan fingerprint density at radius 3 is 2.10 bits per heavy atom. The Morgan fingerprint density at radius 1 is 1.03 bits per heavy atom. The van der Waals surface area contributed by atoms with Crippen LogP contribution in [-0.2, 0) is 23.1 Å². The van der Waals surface area contributed by atoms with E-state index < -0.39 is 25.2 Å². The lowest BCUT2D eigenvalue weighted by atomic mass is 10.2. The van der Waals surface area contributed by atoms with E-state index in [1.165, 1.54) is 0 Å². The largest absolute Gasteiger partial charge is 0.449 e. The van der Waals surface area contributed by atoms with E-state index in [4.69, 9.17) is 24.3 Å². The van der Waals surface area contributed by atoms with Crippen molar-refractivity contribution >= 4 is 38.1 Å². The van der Waals surface area contributed by atoms with Gasteiger partial charge >= 0.3 is 19.8 Å². The van der Waals surface area contributed by atoms with Gasteiger partial charge in [0.2, 0.25) is 0 Å². The molecular weight excluding hydrogens is 433 g/mol. The molecule has 1 aromatic rings. The molecule has 1 rings (SSSR count). The number of hydrogen-bond acceptors (Lipinski definition) is 9. The standard InChI is InChI=1S/C18H28N3O7PS/c1-5-25-17(22)20-21(18(23)26-6-2)16(29(24,27-7-3)28-8-4)15(19)13-11-9-10-12-14(13)30/h9-12,30H,5-8,19H2,1-4H3,(H,20,22)/b16-15+. The van der Waals surface area contributed by atoms with Gasteiger partial charge in [0.15, 0.2) is 5.44 Å². The third kappa shape index (κ3) is 6.66. The zero-order valence-electron chi connectivity index (χ0n) is 17.4. The van der Waals surface area contributed by atoms with Crippen LogP contribution >= 0.6 is 20.2 Å². The van der Waals surface area contributed by atoms with Crippen LogP contribution in [0.1, 0.15) is 33.3 Å². The third-order valence-electron chi connectivity index (χ3n) is 3.43. The maximum atomic E-state index is 13.7. The molecule has 0 fully saturated rings. The number of hydrogen-bond donors (Lipinski definition) is 3. The van der Waals surface area contributed by atoms with E-state index in [0.717, 1.165) is 0 Å². The first-order valence-corrected chi connectivity index (χ1v) is 11.3. The van der Waals surface area contributed by atoms with Crippen molar-refractivity contribution in [3.05, 3.63) is 35.3 Å². The van der Waals surface area contributed by atoms with E-state index in [0.29, 0.717) is 15.5 Å². The fraction of sp³-hybridized carbons (Fsp3) is 0.444. The van der Waals surface area contributed by atoms with Gasteiger partial charge in [0, 0.05) is 10.5 Å². The van der Waals surface area contributed by atoms with Crippen LogP contribution in [0.3, 0.4) is 0 Å². The normalized spacial score (nSPS) is 12.0. The number of thiol groups is 1.